The Morgan fingerprint density at radius 1 is 1.05 bits per heavy atom. The van der Waals surface area contributed by atoms with E-state index in [1.807, 2.05) is 37.3 Å². The van der Waals surface area contributed by atoms with Crippen LogP contribution in [0.25, 0.3) is 10.9 Å². The van der Waals surface area contributed by atoms with E-state index in [1.54, 1.807) is 12.1 Å². The van der Waals surface area contributed by atoms with Crippen LogP contribution in [0.3, 0.4) is 0 Å². The summed E-state index contributed by atoms with van der Waals surface area (Å²) in [6.07, 6.45) is -3.24. The Labute approximate surface area is 219 Å². The number of furan rings is 1. The zero-order valence-corrected chi connectivity index (χ0v) is 20.5. The molecule has 2 heterocycles. The number of carbonyl (C=O) groups excluding carboxylic acids is 3. The molecular formula is C27H22F3N3O6. The molecule has 0 saturated heterocycles. The van der Waals surface area contributed by atoms with E-state index in [2.05, 4.69) is 15.1 Å². The molecule has 0 aliphatic rings. The predicted octanol–water partition coefficient (Wildman–Crippen LogP) is 4.71. The second-order valence-electron chi connectivity index (χ2n) is 8.45. The molecule has 2 amide bonds. The number of nitrogens with one attached hydrogen (secondary N) is 2. The number of benzene rings is 2. The fraction of sp³-hybridized carbons (Fsp3) is 0.185. The van der Waals surface area contributed by atoms with Gasteiger partial charge in [0.15, 0.2) is 0 Å². The number of ether oxygens (including phenoxy) is 1. The molecule has 0 radical (unpaired) electrons. The van der Waals surface area contributed by atoms with Gasteiger partial charge in [-0.3, -0.25) is 14.6 Å². The molecule has 0 saturated carbocycles. The van der Waals surface area contributed by atoms with Crippen LogP contribution >= 0.6 is 0 Å². The highest BCUT2D eigenvalue weighted by atomic mass is 19.4. The van der Waals surface area contributed by atoms with Crippen molar-refractivity contribution in [2.24, 2.45) is 0 Å². The average molecular weight is 541 g/mol. The van der Waals surface area contributed by atoms with Gasteiger partial charge in [0, 0.05) is 27.8 Å². The number of nitrogens with zero attached hydrogens (tertiary/aromatic N) is 1. The number of alkyl halides is 3. The van der Waals surface area contributed by atoms with Gasteiger partial charge in [-0.15, -0.1) is 0 Å². The minimum Gasteiger partial charge on any atom is -0.489 e. The molecule has 4 aromatic rings. The lowest BCUT2D eigenvalue weighted by Gasteiger charge is -2.17. The highest BCUT2D eigenvalue weighted by Gasteiger charge is 2.42. The summed E-state index contributed by atoms with van der Waals surface area (Å²) in [6, 6.07) is 16.4. The molecule has 0 bridgehead atoms. The molecular weight excluding hydrogens is 519 g/mol. The quantitative estimate of drug-likeness (QED) is 0.310. The van der Waals surface area contributed by atoms with Gasteiger partial charge in [0.2, 0.25) is 0 Å². The maximum atomic E-state index is 12.8. The lowest BCUT2D eigenvalue weighted by atomic mass is 10.1. The van der Waals surface area contributed by atoms with E-state index in [4.69, 9.17) is 9.15 Å². The van der Waals surface area contributed by atoms with E-state index in [1.165, 1.54) is 36.2 Å². The maximum absolute atomic E-state index is 12.8. The topological polar surface area (TPSA) is 120 Å². The molecule has 4 rings (SSSR count). The van der Waals surface area contributed by atoms with Crippen molar-refractivity contribution in [3.05, 3.63) is 95.6 Å². The summed E-state index contributed by atoms with van der Waals surface area (Å²) in [7, 11) is 0. The Morgan fingerprint density at radius 3 is 2.49 bits per heavy atom. The van der Waals surface area contributed by atoms with E-state index in [0.717, 1.165) is 22.2 Å². The second kappa shape index (κ2) is 11.7. The van der Waals surface area contributed by atoms with Crippen molar-refractivity contribution in [1.29, 1.82) is 0 Å². The predicted molar refractivity (Wildman–Crippen MR) is 131 cm³/mol. The van der Waals surface area contributed by atoms with Gasteiger partial charge in [-0.2, -0.15) is 18.7 Å². The molecule has 0 aliphatic carbocycles. The number of para-hydroxylation sites is 1. The van der Waals surface area contributed by atoms with Crippen LogP contribution in [0.15, 0.2) is 77.6 Å². The summed E-state index contributed by atoms with van der Waals surface area (Å²) in [5.41, 5.74) is 4.73. The lowest BCUT2D eigenvalue weighted by Crippen LogP contribution is -2.37. The third-order valence-electron chi connectivity index (χ3n) is 5.57. The summed E-state index contributed by atoms with van der Waals surface area (Å²) < 4.78 is 47.7. The number of pyridine rings is 1. The number of carbonyl (C=O) groups is 3. The number of fused-ring (bicyclic) bond motifs is 1. The second-order valence-corrected chi connectivity index (χ2v) is 8.45. The molecule has 202 valence electrons. The van der Waals surface area contributed by atoms with Crippen molar-refractivity contribution in [3.8, 4) is 5.75 Å². The largest absolute Gasteiger partial charge is 0.493 e. The number of amides is 2. The van der Waals surface area contributed by atoms with Gasteiger partial charge in [-0.25, -0.2) is 4.79 Å². The minimum absolute atomic E-state index is 0.241. The van der Waals surface area contributed by atoms with Crippen LogP contribution in [0.1, 0.15) is 39.6 Å². The van der Waals surface area contributed by atoms with Crippen LogP contribution in [0, 0.1) is 6.92 Å². The molecule has 0 aliphatic heterocycles. The number of hydroxylamine groups is 1. The van der Waals surface area contributed by atoms with Crippen LogP contribution in [0.2, 0.25) is 0 Å². The standard InChI is InChI=1S/C27H22F3N3O6/c1-16-12-19(21-4-2-3-5-22(21)31-16)15-38-20-8-6-17(7-9-20)25(35)32-23(18-10-11-37-14-18)13-24(34)33-39-26(36)27(28,29)30/h2-12,14,23H,13,15H2,1H3,(H,32,35)(H,33,34). The Kier molecular flexibility index (Phi) is 8.13. The smallest absolute Gasteiger partial charge is 0.489 e. The van der Waals surface area contributed by atoms with Gasteiger partial charge in [0.1, 0.15) is 12.4 Å². The van der Waals surface area contributed by atoms with E-state index in [-0.39, 0.29) is 12.2 Å². The zero-order valence-electron chi connectivity index (χ0n) is 20.5. The van der Waals surface area contributed by atoms with Gasteiger partial charge in [0.05, 0.1) is 30.5 Å². The lowest BCUT2D eigenvalue weighted by molar-refractivity contribution is -0.207. The number of aryl methyl sites for hydroxylation is 1. The Bertz CT molecular complexity index is 1470. The molecule has 0 spiro atoms. The van der Waals surface area contributed by atoms with Crippen molar-refractivity contribution in [3.63, 3.8) is 0 Å². The van der Waals surface area contributed by atoms with Crippen molar-refractivity contribution < 1.29 is 41.5 Å². The third kappa shape index (κ3) is 7.12. The Hall–Kier alpha value is -4.87. The number of rotatable bonds is 8. The summed E-state index contributed by atoms with van der Waals surface area (Å²) >= 11 is 0. The van der Waals surface area contributed by atoms with Crippen LogP contribution in [-0.4, -0.2) is 28.9 Å². The van der Waals surface area contributed by atoms with E-state index in [0.29, 0.717) is 11.3 Å². The monoisotopic (exact) mass is 541 g/mol. The third-order valence-corrected chi connectivity index (χ3v) is 5.57. The Morgan fingerprint density at radius 2 is 1.79 bits per heavy atom. The van der Waals surface area contributed by atoms with Crippen molar-refractivity contribution in [1.82, 2.24) is 15.8 Å². The molecule has 0 fully saturated rings. The SMILES string of the molecule is Cc1cc(COc2ccc(C(=O)NC(CC(=O)NOC(=O)C(F)(F)F)c3ccoc3)cc2)c2ccccc2n1. The molecule has 1 unspecified atom stereocenters. The van der Waals surface area contributed by atoms with E-state index >= 15 is 0 Å². The van der Waals surface area contributed by atoms with Gasteiger partial charge >= 0.3 is 12.1 Å². The normalized spacial score (nSPS) is 12.0. The average Bonchev–Trinajstić information content (AvgIpc) is 3.44. The van der Waals surface area contributed by atoms with Gasteiger partial charge < -0.3 is 19.3 Å². The van der Waals surface area contributed by atoms with Crippen molar-refractivity contribution >= 4 is 28.7 Å². The summed E-state index contributed by atoms with van der Waals surface area (Å²) in [4.78, 5) is 44.0. The molecule has 2 aromatic heterocycles. The van der Waals surface area contributed by atoms with Crippen molar-refractivity contribution in [2.75, 3.05) is 0 Å². The highest BCUT2D eigenvalue weighted by Crippen LogP contribution is 2.22. The number of hydrogen-bond donors (Lipinski definition) is 2. The van der Waals surface area contributed by atoms with Crippen LogP contribution < -0.4 is 15.5 Å². The summed E-state index contributed by atoms with van der Waals surface area (Å²) in [5.74, 6) is -3.69. The fourth-order valence-corrected chi connectivity index (χ4v) is 3.73. The summed E-state index contributed by atoms with van der Waals surface area (Å²) in [6.45, 7) is 2.19. The first-order chi connectivity index (χ1) is 18.6. The number of halogens is 3. The van der Waals surface area contributed by atoms with Crippen LogP contribution in [-0.2, 0) is 21.0 Å². The summed E-state index contributed by atoms with van der Waals surface area (Å²) in [5, 5.41) is 3.59. The molecule has 39 heavy (non-hydrogen) atoms. The first-order valence-corrected chi connectivity index (χ1v) is 11.6. The van der Waals surface area contributed by atoms with Crippen LogP contribution in [0.5, 0.6) is 5.75 Å². The van der Waals surface area contributed by atoms with Gasteiger partial charge in [-0.1, -0.05) is 18.2 Å². The molecule has 2 aromatic carbocycles. The first kappa shape index (κ1) is 27.2. The van der Waals surface area contributed by atoms with Gasteiger partial charge in [0.25, 0.3) is 11.8 Å². The van der Waals surface area contributed by atoms with E-state index in [9.17, 15) is 27.6 Å². The fourth-order valence-electron chi connectivity index (χ4n) is 3.73. The zero-order chi connectivity index (χ0) is 28.0. The van der Waals surface area contributed by atoms with E-state index < -0.39 is 36.4 Å². The Balaban J connectivity index is 1.38. The number of hydrogen-bond acceptors (Lipinski definition) is 7. The van der Waals surface area contributed by atoms with Gasteiger partial charge in [-0.05, 0) is 49.4 Å². The highest BCUT2D eigenvalue weighted by molar-refractivity contribution is 5.95. The van der Waals surface area contributed by atoms with Crippen LogP contribution in [0.4, 0.5) is 13.2 Å². The number of aromatic nitrogens is 1. The molecule has 12 heteroatoms. The van der Waals surface area contributed by atoms with Crippen molar-refractivity contribution in [2.45, 2.75) is 32.2 Å². The molecule has 2 N–H and O–H groups in total. The maximum Gasteiger partial charge on any atom is 0.493 e. The molecule has 9 nitrogen and oxygen atoms in total. The first-order valence-electron chi connectivity index (χ1n) is 11.6. The molecule has 1 atom stereocenters. The minimum atomic E-state index is -5.27.